The van der Waals surface area contributed by atoms with Gasteiger partial charge in [0.15, 0.2) is 0 Å². The molecule has 9 heteroatoms. The summed E-state index contributed by atoms with van der Waals surface area (Å²) in [6.45, 7) is 3.90. The number of hydrogen-bond donors (Lipinski definition) is 0. The van der Waals surface area contributed by atoms with E-state index in [9.17, 15) is 13.2 Å². The first-order chi connectivity index (χ1) is 16.2. The van der Waals surface area contributed by atoms with Crippen molar-refractivity contribution in [3.8, 4) is 0 Å². The van der Waals surface area contributed by atoms with Crippen molar-refractivity contribution in [2.45, 2.75) is 11.8 Å². The molecular formula is C25H25Cl2N3O3S. The van der Waals surface area contributed by atoms with Crippen molar-refractivity contribution in [1.82, 2.24) is 4.90 Å². The molecule has 178 valence electrons. The van der Waals surface area contributed by atoms with Gasteiger partial charge in [-0.2, -0.15) is 0 Å². The molecule has 6 nitrogen and oxygen atoms in total. The lowest BCUT2D eigenvalue weighted by Crippen LogP contribution is -2.52. The van der Waals surface area contributed by atoms with Crippen LogP contribution in [0.4, 0.5) is 11.4 Å². The first-order valence-electron chi connectivity index (χ1n) is 10.9. The Kier molecular flexibility index (Phi) is 7.36. The molecule has 4 rings (SSSR count). The largest absolute Gasteiger partial charge is 0.368 e. The zero-order valence-electron chi connectivity index (χ0n) is 18.7. The topological polar surface area (TPSA) is 60.9 Å². The fraction of sp³-hybridized carbons (Fsp3) is 0.240. The fourth-order valence-electron chi connectivity index (χ4n) is 3.87. The van der Waals surface area contributed by atoms with Crippen LogP contribution in [0.15, 0.2) is 77.7 Å². The standard InChI is InChI=1S/C25H25Cl2N3O3S/c1-19-5-9-22(10-6-19)30(34(32,33)24-11-7-20(26)8-12-24)18-25(31)29-15-13-28(14-16-29)23-4-2-3-21(27)17-23/h2-12,17H,13-16,18H2,1H3. The Morgan fingerprint density at radius 3 is 2.15 bits per heavy atom. The van der Waals surface area contributed by atoms with Gasteiger partial charge in [0.05, 0.1) is 10.6 Å². The Bertz CT molecular complexity index is 1260. The van der Waals surface area contributed by atoms with Crippen LogP contribution in [0.2, 0.25) is 10.0 Å². The molecule has 1 heterocycles. The number of carbonyl (C=O) groups excluding carboxylic acids is 1. The van der Waals surface area contributed by atoms with Gasteiger partial charge in [0, 0.05) is 41.9 Å². The molecule has 1 aliphatic rings. The highest BCUT2D eigenvalue weighted by molar-refractivity contribution is 7.92. The third-order valence-electron chi connectivity index (χ3n) is 5.81. The average molecular weight is 518 g/mol. The van der Waals surface area contributed by atoms with Gasteiger partial charge in [0.1, 0.15) is 6.54 Å². The molecule has 0 atom stereocenters. The summed E-state index contributed by atoms with van der Waals surface area (Å²) < 4.78 is 28.2. The molecule has 0 saturated carbocycles. The lowest BCUT2D eigenvalue weighted by atomic mass is 10.2. The second-order valence-electron chi connectivity index (χ2n) is 8.15. The van der Waals surface area contributed by atoms with Crippen LogP contribution in [0.3, 0.4) is 0 Å². The van der Waals surface area contributed by atoms with E-state index in [0.717, 1.165) is 11.3 Å². The molecule has 0 spiro atoms. The summed E-state index contributed by atoms with van der Waals surface area (Å²) in [5.41, 5.74) is 2.44. The van der Waals surface area contributed by atoms with E-state index < -0.39 is 10.0 Å². The molecule has 3 aromatic rings. The van der Waals surface area contributed by atoms with Crippen LogP contribution < -0.4 is 9.21 Å². The highest BCUT2D eigenvalue weighted by Gasteiger charge is 2.30. The minimum absolute atomic E-state index is 0.0797. The predicted molar refractivity (Wildman–Crippen MR) is 137 cm³/mol. The summed E-state index contributed by atoms with van der Waals surface area (Å²) in [5, 5.41) is 1.10. The van der Waals surface area contributed by atoms with E-state index in [1.807, 2.05) is 43.3 Å². The summed E-state index contributed by atoms with van der Waals surface area (Å²) in [5.74, 6) is -0.246. The van der Waals surface area contributed by atoms with E-state index in [1.54, 1.807) is 17.0 Å². The van der Waals surface area contributed by atoms with E-state index in [-0.39, 0.29) is 17.3 Å². The van der Waals surface area contributed by atoms with Crippen LogP contribution in [0.1, 0.15) is 5.56 Å². The van der Waals surface area contributed by atoms with E-state index in [1.165, 1.54) is 28.6 Å². The van der Waals surface area contributed by atoms with Gasteiger partial charge in [-0.1, -0.05) is 47.0 Å². The molecule has 0 unspecified atom stereocenters. The summed E-state index contributed by atoms with van der Waals surface area (Å²) in [6, 6.07) is 20.7. The van der Waals surface area contributed by atoms with Crippen molar-refractivity contribution in [3.05, 3.63) is 88.4 Å². The van der Waals surface area contributed by atoms with Crippen LogP contribution in [0.5, 0.6) is 0 Å². The molecule has 34 heavy (non-hydrogen) atoms. The number of rotatable bonds is 6. The maximum Gasteiger partial charge on any atom is 0.264 e. The van der Waals surface area contributed by atoms with Crippen LogP contribution in [0, 0.1) is 6.92 Å². The van der Waals surface area contributed by atoms with Crippen LogP contribution in [0.25, 0.3) is 0 Å². The molecule has 1 fully saturated rings. The number of benzene rings is 3. The van der Waals surface area contributed by atoms with Gasteiger partial charge in [-0.25, -0.2) is 8.42 Å². The zero-order valence-corrected chi connectivity index (χ0v) is 21.0. The van der Waals surface area contributed by atoms with Gasteiger partial charge in [0.2, 0.25) is 5.91 Å². The minimum Gasteiger partial charge on any atom is -0.368 e. The molecule has 0 N–H and O–H groups in total. The molecule has 0 aliphatic carbocycles. The van der Waals surface area contributed by atoms with Crippen molar-refractivity contribution < 1.29 is 13.2 Å². The highest BCUT2D eigenvalue weighted by atomic mass is 35.5. The molecule has 1 aliphatic heterocycles. The van der Waals surface area contributed by atoms with Gasteiger partial charge < -0.3 is 9.80 Å². The van der Waals surface area contributed by atoms with Gasteiger partial charge >= 0.3 is 0 Å². The highest BCUT2D eigenvalue weighted by Crippen LogP contribution is 2.26. The smallest absolute Gasteiger partial charge is 0.264 e. The average Bonchev–Trinajstić information content (AvgIpc) is 2.83. The fourth-order valence-corrected chi connectivity index (χ4v) is 5.59. The van der Waals surface area contributed by atoms with E-state index >= 15 is 0 Å². The quantitative estimate of drug-likeness (QED) is 0.469. The van der Waals surface area contributed by atoms with Gasteiger partial charge in [0.25, 0.3) is 10.0 Å². The number of anilines is 2. The van der Waals surface area contributed by atoms with Gasteiger partial charge in [-0.3, -0.25) is 9.10 Å². The van der Waals surface area contributed by atoms with Crippen molar-refractivity contribution in [2.75, 3.05) is 41.9 Å². The number of sulfonamides is 1. The summed E-state index contributed by atoms with van der Waals surface area (Å²) >= 11 is 12.1. The molecular weight excluding hydrogens is 493 g/mol. The second-order valence-corrected chi connectivity index (χ2v) is 10.9. The van der Waals surface area contributed by atoms with Gasteiger partial charge in [-0.05, 0) is 61.5 Å². The molecule has 0 bridgehead atoms. The van der Waals surface area contributed by atoms with Crippen molar-refractivity contribution in [3.63, 3.8) is 0 Å². The molecule has 1 amide bonds. The number of halogens is 2. The Morgan fingerprint density at radius 1 is 0.882 bits per heavy atom. The number of amides is 1. The van der Waals surface area contributed by atoms with Crippen molar-refractivity contribution >= 4 is 50.5 Å². The maximum absolute atomic E-state index is 13.5. The Hall–Kier alpha value is -2.74. The SMILES string of the molecule is Cc1ccc(N(CC(=O)N2CCN(c3cccc(Cl)c3)CC2)S(=O)(=O)c2ccc(Cl)cc2)cc1. The number of carbonyl (C=O) groups is 1. The van der Waals surface area contributed by atoms with E-state index in [0.29, 0.717) is 41.9 Å². The van der Waals surface area contributed by atoms with E-state index in [4.69, 9.17) is 23.2 Å². The molecule has 3 aromatic carbocycles. The Morgan fingerprint density at radius 2 is 1.53 bits per heavy atom. The van der Waals surface area contributed by atoms with Crippen molar-refractivity contribution in [1.29, 1.82) is 0 Å². The van der Waals surface area contributed by atoms with Crippen LogP contribution in [-0.2, 0) is 14.8 Å². The normalized spacial score (nSPS) is 14.2. The van der Waals surface area contributed by atoms with Crippen molar-refractivity contribution in [2.24, 2.45) is 0 Å². The third-order valence-corrected chi connectivity index (χ3v) is 8.08. The summed E-state index contributed by atoms with van der Waals surface area (Å²) in [6.07, 6.45) is 0. The Labute approximate surface area is 210 Å². The second kappa shape index (κ2) is 10.3. The monoisotopic (exact) mass is 517 g/mol. The molecule has 0 aromatic heterocycles. The maximum atomic E-state index is 13.5. The number of aryl methyl sites for hydroxylation is 1. The molecule has 0 radical (unpaired) electrons. The lowest BCUT2D eigenvalue weighted by Gasteiger charge is -2.37. The number of nitrogens with zero attached hydrogens (tertiary/aromatic N) is 3. The van der Waals surface area contributed by atoms with Crippen LogP contribution >= 0.6 is 23.2 Å². The summed E-state index contributed by atoms with van der Waals surface area (Å²) in [7, 11) is -3.97. The Balaban J connectivity index is 1.53. The van der Waals surface area contributed by atoms with E-state index in [2.05, 4.69) is 4.90 Å². The molecule has 1 saturated heterocycles. The summed E-state index contributed by atoms with van der Waals surface area (Å²) in [4.78, 5) is 17.2. The first kappa shape index (κ1) is 24.4. The van der Waals surface area contributed by atoms with Gasteiger partial charge in [-0.15, -0.1) is 0 Å². The number of piperazine rings is 1. The zero-order chi connectivity index (χ0) is 24.3. The number of hydrogen-bond acceptors (Lipinski definition) is 4. The predicted octanol–water partition coefficient (Wildman–Crippen LogP) is 4.85. The third kappa shape index (κ3) is 5.49. The lowest BCUT2D eigenvalue weighted by molar-refractivity contribution is -0.129. The minimum atomic E-state index is -3.97. The first-order valence-corrected chi connectivity index (χ1v) is 13.1. The van der Waals surface area contributed by atoms with Crippen LogP contribution in [-0.4, -0.2) is 51.9 Å².